The van der Waals surface area contributed by atoms with Crippen molar-refractivity contribution in [2.75, 3.05) is 44.2 Å². The van der Waals surface area contributed by atoms with E-state index in [4.69, 9.17) is 4.74 Å². The summed E-state index contributed by atoms with van der Waals surface area (Å²) in [5.41, 5.74) is 0.766. The Bertz CT molecular complexity index is 936. The number of ether oxygens (including phenoxy) is 1. The molecule has 30 heavy (non-hydrogen) atoms. The second-order valence-corrected chi connectivity index (χ2v) is 7.79. The highest BCUT2D eigenvalue weighted by Gasteiger charge is 2.28. The molecule has 2 fully saturated rings. The molecule has 1 saturated heterocycles. The minimum Gasteiger partial charge on any atom is -0.462 e. The van der Waals surface area contributed by atoms with Gasteiger partial charge in [-0.2, -0.15) is 0 Å². The molecule has 0 spiro atoms. The Morgan fingerprint density at radius 2 is 1.90 bits per heavy atom. The zero-order valence-corrected chi connectivity index (χ0v) is 17.1. The van der Waals surface area contributed by atoms with Crippen molar-refractivity contribution in [3.63, 3.8) is 0 Å². The van der Waals surface area contributed by atoms with Crippen molar-refractivity contribution < 1.29 is 14.5 Å². The Morgan fingerprint density at radius 3 is 2.57 bits per heavy atom. The van der Waals surface area contributed by atoms with E-state index in [1.54, 1.807) is 37.3 Å². The Hall–Kier alpha value is -3.00. The zero-order valence-electron chi connectivity index (χ0n) is 17.1. The van der Waals surface area contributed by atoms with Gasteiger partial charge in [-0.15, -0.1) is 0 Å². The van der Waals surface area contributed by atoms with Crippen LogP contribution in [0.25, 0.3) is 11.3 Å². The van der Waals surface area contributed by atoms with Crippen LogP contribution in [0.4, 0.5) is 11.5 Å². The van der Waals surface area contributed by atoms with Gasteiger partial charge < -0.3 is 9.64 Å². The summed E-state index contributed by atoms with van der Waals surface area (Å²) >= 11 is 0. The number of nitrogens with zero attached hydrogens (tertiary/aromatic N) is 4. The molecule has 1 aliphatic carbocycles. The molecule has 8 heteroatoms. The quantitative estimate of drug-likeness (QED) is 0.393. The minimum atomic E-state index is -0.511. The van der Waals surface area contributed by atoms with Gasteiger partial charge in [-0.25, -0.2) is 9.78 Å². The number of pyridine rings is 1. The summed E-state index contributed by atoms with van der Waals surface area (Å²) in [5, 5.41) is 11.7. The van der Waals surface area contributed by atoms with E-state index in [1.165, 1.54) is 25.5 Å². The molecule has 0 bridgehead atoms. The monoisotopic (exact) mass is 410 g/mol. The number of hydrogen-bond acceptors (Lipinski definition) is 7. The lowest BCUT2D eigenvalue weighted by Crippen LogP contribution is -2.47. The highest BCUT2D eigenvalue weighted by atomic mass is 16.6. The standard InChI is InChI=1S/C22H26N4O4/c1-2-30-22(27)18-6-4-3-5-17(18)21-19(26(28)29)9-10-20(23-21)25-13-11-24(12-14-25)15-16-7-8-16/h3-6,9-10,16H,2,7-8,11-15H2,1H3. The molecular weight excluding hydrogens is 384 g/mol. The fourth-order valence-corrected chi connectivity index (χ4v) is 3.86. The lowest BCUT2D eigenvalue weighted by Gasteiger charge is -2.35. The van der Waals surface area contributed by atoms with E-state index >= 15 is 0 Å². The molecule has 0 radical (unpaired) electrons. The molecule has 1 aromatic heterocycles. The maximum atomic E-state index is 12.4. The van der Waals surface area contributed by atoms with E-state index in [0.29, 0.717) is 11.4 Å². The molecule has 0 atom stereocenters. The molecule has 1 saturated carbocycles. The third-order valence-electron chi connectivity index (χ3n) is 5.64. The molecule has 0 unspecified atom stereocenters. The summed E-state index contributed by atoms with van der Waals surface area (Å²) < 4.78 is 5.13. The summed E-state index contributed by atoms with van der Waals surface area (Å²) in [6, 6.07) is 9.93. The van der Waals surface area contributed by atoms with Crippen LogP contribution in [0.5, 0.6) is 0 Å². The summed E-state index contributed by atoms with van der Waals surface area (Å²) in [5.74, 6) is 1.05. The van der Waals surface area contributed by atoms with Gasteiger partial charge >= 0.3 is 5.97 Å². The van der Waals surface area contributed by atoms with Crippen molar-refractivity contribution in [2.45, 2.75) is 19.8 Å². The SMILES string of the molecule is CCOC(=O)c1ccccc1-c1nc(N2CCN(CC3CC3)CC2)ccc1[N+](=O)[O-]. The molecule has 8 nitrogen and oxygen atoms in total. The van der Waals surface area contributed by atoms with Gasteiger partial charge in [0.05, 0.1) is 17.1 Å². The molecular formula is C22H26N4O4. The summed E-state index contributed by atoms with van der Waals surface area (Å²) in [4.78, 5) is 32.9. The Labute approximate surface area is 175 Å². The van der Waals surface area contributed by atoms with Gasteiger partial charge in [0.1, 0.15) is 5.82 Å². The Kier molecular flexibility index (Phi) is 5.94. The predicted molar refractivity (Wildman–Crippen MR) is 114 cm³/mol. The maximum Gasteiger partial charge on any atom is 0.338 e. The highest BCUT2D eigenvalue weighted by Crippen LogP contribution is 2.34. The van der Waals surface area contributed by atoms with Crippen molar-refractivity contribution in [2.24, 2.45) is 5.92 Å². The van der Waals surface area contributed by atoms with Crippen molar-refractivity contribution in [1.82, 2.24) is 9.88 Å². The number of piperazine rings is 1. The van der Waals surface area contributed by atoms with Gasteiger partial charge in [0.15, 0.2) is 5.69 Å². The Balaban J connectivity index is 1.63. The number of benzene rings is 1. The molecule has 158 valence electrons. The van der Waals surface area contributed by atoms with Crippen molar-refractivity contribution in [3.8, 4) is 11.3 Å². The van der Waals surface area contributed by atoms with Crippen LogP contribution < -0.4 is 4.90 Å². The van der Waals surface area contributed by atoms with Crippen LogP contribution >= 0.6 is 0 Å². The van der Waals surface area contributed by atoms with Gasteiger partial charge in [0.25, 0.3) is 5.69 Å². The normalized spacial score (nSPS) is 17.0. The fraction of sp³-hybridized carbons (Fsp3) is 0.455. The molecule has 1 aromatic carbocycles. The van der Waals surface area contributed by atoms with Gasteiger partial charge in [-0.1, -0.05) is 18.2 Å². The van der Waals surface area contributed by atoms with E-state index < -0.39 is 10.9 Å². The van der Waals surface area contributed by atoms with Gasteiger partial charge in [0.2, 0.25) is 0 Å². The molecule has 2 heterocycles. The average Bonchev–Trinajstić information content (AvgIpc) is 3.58. The number of anilines is 1. The second-order valence-electron chi connectivity index (χ2n) is 7.79. The van der Waals surface area contributed by atoms with Crippen LogP contribution in [0.2, 0.25) is 0 Å². The zero-order chi connectivity index (χ0) is 21.1. The first-order valence-electron chi connectivity index (χ1n) is 10.5. The first-order valence-corrected chi connectivity index (χ1v) is 10.5. The van der Waals surface area contributed by atoms with Crippen LogP contribution in [-0.2, 0) is 4.74 Å². The highest BCUT2D eigenvalue weighted by molar-refractivity contribution is 5.98. The second kappa shape index (κ2) is 8.79. The number of nitro groups is 1. The van der Waals surface area contributed by atoms with Gasteiger partial charge in [0, 0.05) is 44.4 Å². The molecule has 2 aromatic rings. The topological polar surface area (TPSA) is 88.8 Å². The number of carbonyl (C=O) groups excluding carboxylic acids is 1. The molecule has 1 aliphatic heterocycles. The van der Waals surface area contributed by atoms with Crippen LogP contribution in [0.15, 0.2) is 36.4 Å². The van der Waals surface area contributed by atoms with E-state index in [-0.39, 0.29) is 23.6 Å². The maximum absolute atomic E-state index is 12.4. The number of hydrogen-bond donors (Lipinski definition) is 0. The van der Waals surface area contributed by atoms with E-state index in [0.717, 1.165) is 32.1 Å². The summed E-state index contributed by atoms with van der Waals surface area (Å²) in [6.45, 7) is 6.71. The lowest BCUT2D eigenvalue weighted by atomic mass is 10.0. The van der Waals surface area contributed by atoms with E-state index in [1.807, 2.05) is 0 Å². The first kappa shape index (κ1) is 20.3. The molecule has 0 amide bonds. The Morgan fingerprint density at radius 1 is 1.17 bits per heavy atom. The predicted octanol–water partition coefficient (Wildman–Crippen LogP) is 3.37. The van der Waals surface area contributed by atoms with Crippen LogP contribution in [0.1, 0.15) is 30.1 Å². The van der Waals surface area contributed by atoms with Gasteiger partial charge in [-0.3, -0.25) is 15.0 Å². The number of esters is 1. The minimum absolute atomic E-state index is 0.122. The molecule has 2 aliphatic rings. The summed E-state index contributed by atoms with van der Waals surface area (Å²) in [7, 11) is 0. The van der Waals surface area contributed by atoms with Crippen molar-refractivity contribution >= 4 is 17.5 Å². The van der Waals surface area contributed by atoms with E-state index in [9.17, 15) is 14.9 Å². The third kappa shape index (κ3) is 4.43. The first-order chi connectivity index (χ1) is 14.6. The lowest BCUT2D eigenvalue weighted by molar-refractivity contribution is -0.384. The number of carbonyl (C=O) groups is 1. The largest absolute Gasteiger partial charge is 0.462 e. The smallest absolute Gasteiger partial charge is 0.338 e. The fourth-order valence-electron chi connectivity index (χ4n) is 3.86. The molecule has 0 N–H and O–H groups in total. The van der Waals surface area contributed by atoms with Crippen molar-refractivity contribution in [1.29, 1.82) is 0 Å². The van der Waals surface area contributed by atoms with Crippen LogP contribution in [0, 0.1) is 16.0 Å². The van der Waals surface area contributed by atoms with E-state index in [2.05, 4.69) is 14.8 Å². The van der Waals surface area contributed by atoms with Crippen LogP contribution in [-0.4, -0.2) is 60.1 Å². The average molecular weight is 410 g/mol. The molecule has 4 rings (SSSR count). The third-order valence-corrected chi connectivity index (χ3v) is 5.64. The number of rotatable bonds is 7. The van der Waals surface area contributed by atoms with Crippen LogP contribution in [0.3, 0.4) is 0 Å². The van der Waals surface area contributed by atoms with Gasteiger partial charge in [-0.05, 0) is 37.8 Å². The summed E-state index contributed by atoms with van der Waals surface area (Å²) in [6.07, 6.45) is 2.68. The van der Waals surface area contributed by atoms with Crippen molar-refractivity contribution in [3.05, 3.63) is 52.1 Å². The number of aromatic nitrogens is 1.